The minimum Gasteiger partial charge on any atom is -0.508 e. The number of aromatic hydroxyl groups is 1. The molecule has 0 saturated heterocycles. The maximum atomic E-state index is 13.2. The smallest absolute Gasteiger partial charge is 0.336 e. The topological polar surface area (TPSA) is 233 Å². The Morgan fingerprint density at radius 1 is 0.792 bits per heavy atom. The third-order valence-electron chi connectivity index (χ3n) is 7.30. The Morgan fingerprint density at radius 3 is 2.06 bits per heavy atom. The van der Waals surface area contributed by atoms with Crippen LogP contribution in [-0.4, -0.2) is 69.9 Å². The lowest BCUT2D eigenvalue weighted by Crippen LogP contribution is -2.58. The number of hydrogen-bond donors (Lipinski definition) is 7. The van der Waals surface area contributed by atoms with Gasteiger partial charge in [-0.05, 0) is 55.2 Å². The van der Waals surface area contributed by atoms with E-state index in [4.69, 9.17) is 4.42 Å². The Kier molecular flexibility index (Phi) is 12.4. The van der Waals surface area contributed by atoms with Crippen molar-refractivity contribution in [1.29, 1.82) is 0 Å². The second-order valence-electron chi connectivity index (χ2n) is 11.7. The summed E-state index contributed by atoms with van der Waals surface area (Å²) in [6.45, 7) is 7.60. The van der Waals surface area contributed by atoms with Gasteiger partial charge in [-0.15, -0.1) is 0 Å². The van der Waals surface area contributed by atoms with E-state index in [-0.39, 0.29) is 23.4 Å². The molecule has 15 heteroatoms. The van der Waals surface area contributed by atoms with Crippen molar-refractivity contribution >= 4 is 52.2 Å². The van der Waals surface area contributed by atoms with Gasteiger partial charge in [0.15, 0.2) is 0 Å². The first kappa shape index (κ1) is 36.7. The highest BCUT2D eigenvalue weighted by Crippen LogP contribution is 2.21. The molecule has 3 aromatic rings. The fraction of sp³-hybridized carbons (Fsp3) is 0.364. The molecule has 0 aliphatic heterocycles. The number of nitrogens with one attached hydrogen (secondary N) is 5. The average Bonchev–Trinajstić information content (AvgIpc) is 2.99. The third kappa shape index (κ3) is 10.4. The highest BCUT2D eigenvalue weighted by molar-refractivity contribution is 6.01. The molecular formula is C33H39N5O10. The molecule has 4 atom stereocenters. The lowest BCUT2D eigenvalue weighted by atomic mass is 10.0. The van der Waals surface area contributed by atoms with Gasteiger partial charge in [-0.1, -0.05) is 26.0 Å². The molecule has 0 radical (unpaired) electrons. The van der Waals surface area contributed by atoms with Gasteiger partial charge in [0.25, 0.3) is 0 Å². The highest BCUT2D eigenvalue weighted by Gasteiger charge is 2.32. The van der Waals surface area contributed by atoms with Crippen LogP contribution in [0.4, 0.5) is 5.69 Å². The number of fused-ring (bicyclic) bond motifs is 1. The Labute approximate surface area is 275 Å². The summed E-state index contributed by atoms with van der Waals surface area (Å²) in [5.41, 5.74) is 1.09. The molecule has 0 saturated carbocycles. The minimum absolute atomic E-state index is 0.0278. The Hall–Kier alpha value is -5.73. The van der Waals surface area contributed by atoms with Crippen LogP contribution in [0.2, 0.25) is 0 Å². The quantitative estimate of drug-likeness (QED) is 0.121. The molecule has 0 fully saturated rings. The number of carboxylic acid groups (broad SMARTS) is 1. The van der Waals surface area contributed by atoms with E-state index in [1.807, 2.05) is 0 Å². The second kappa shape index (κ2) is 16.2. The lowest BCUT2D eigenvalue weighted by Gasteiger charge is -2.27. The van der Waals surface area contributed by atoms with Crippen molar-refractivity contribution in [2.75, 3.05) is 5.32 Å². The average molecular weight is 666 g/mol. The predicted molar refractivity (Wildman–Crippen MR) is 174 cm³/mol. The fourth-order valence-corrected chi connectivity index (χ4v) is 4.79. The number of phenols is 1. The Balaban J connectivity index is 1.68. The summed E-state index contributed by atoms with van der Waals surface area (Å²) in [5, 5.41) is 32.0. The summed E-state index contributed by atoms with van der Waals surface area (Å²) in [4.78, 5) is 87.7. The zero-order valence-electron chi connectivity index (χ0n) is 27.1. The highest BCUT2D eigenvalue weighted by atomic mass is 16.4. The number of carbonyl (C=O) groups is 6. The SMILES string of the molecule is CC(=O)N[C@@H](Cc1ccc(O)cc1)C(=O)N[C@H](C(=O)N[C@@H](C)C(=O)N[C@@H](CC(=O)O)C(=O)Nc1ccc2c(C)cc(=O)oc2c1)C(C)C. The van der Waals surface area contributed by atoms with Crippen molar-refractivity contribution in [1.82, 2.24) is 21.3 Å². The molecule has 3 rings (SSSR count). The van der Waals surface area contributed by atoms with E-state index in [0.29, 0.717) is 16.5 Å². The molecule has 5 amide bonds. The standard InChI is InChI=1S/C33H39N5O10/c1-16(2)29(38-32(46)24(35-19(5)39)13-20-6-9-22(40)10-7-20)33(47)34-18(4)30(44)37-25(15-27(41)42)31(45)36-21-8-11-23-17(3)12-28(43)48-26(23)14-21/h6-12,14,16,18,24-25,29,40H,13,15H2,1-5H3,(H,34,47)(H,35,39)(H,36,45)(H,37,44)(H,38,46)(H,41,42)/t18-,24-,25-,29-/m0/s1. The molecule has 48 heavy (non-hydrogen) atoms. The van der Waals surface area contributed by atoms with E-state index in [9.17, 15) is 43.8 Å². The van der Waals surface area contributed by atoms with Crippen LogP contribution in [0, 0.1) is 12.8 Å². The van der Waals surface area contributed by atoms with Crippen LogP contribution in [0.15, 0.2) is 57.7 Å². The van der Waals surface area contributed by atoms with Crippen LogP contribution in [0.3, 0.4) is 0 Å². The Morgan fingerprint density at radius 2 is 1.46 bits per heavy atom. The summed E-state index contributed by atoms with van der Waals surface area (Å²) in [6.07, 6.45) is -0.715. The molecule has 1 aromatic heterocycles. The molecule has 2 aromatic carbocycles. The normalized spacial score (nSPS) is 13.5. The fourth-order valence-electron chi connectivity index (χ4n) is 4.79. The molecule has 0 spiro atoms. The summed E-state index contributed by atoms with van der Waals surface area (Å²) in [6, 6.07) is 6.89. The predicted octanol–water partition coefficient (Wildman–Crippen LogP) is 1.10. The largest absolute Gasteiger partial charge is 0.508 e. The number of aryl methyl sites for hydroxylation is 1. The van der Waals surface area contributed by atoms with E-state index in [1.54, 1.807) is 39.0 Å². The molecule has 15 nitrogen and oxygen atoms in total. The van der Waals surface area contributed by atoms with E-state index in [2.05, 4.69) is 26.6 Å². The molecular weight excluding hydrogens is 626 g/mol. The van der Waals surface area contributed by atoms with Gasteiger partial charge in [0.05, 0.1) is 6.42 Å². The number of hydrogen-bond acceptors (Lipinski definition) is 9. The zero-order valence-corrected chi connectivity index (χ0v) is 27.1. The number of aliphatic carboxylic acids is 1. The first-order valence-corrected chi connectivity index (χ1v) is 15.1. The lowest BCUT2D eigenvalue weighted by molar-refractivity contribution is -0.140. The summed E-state index contributed by atoms with van der Waals surface area (Å²) in [7, 11) is 0. The van der Waals surface area contributed by atoms with Gasteiger partial charge in [-0.25, -0.2) is 4.79 Å². The van der Waals surface area contributed by atoms with E-state index >= 15 is 0 Å². The summed E-state index contributed by atoms with van der Waals surface area (Å²) < 4.78 is 5.18. The first-order valence-electron chi connectivity index (χ1n) is 15.1. The minimum atomic E-state index is -1.55. The number of phenolic OH excluding ortho intramolecular Hbond substituents is 1. The van der Waals surface area contributed by atoms with Crippen molar-refractivity contribution in [3.63, 3.8) is 0 Å². The number of amides is 5. The van der Waals surface area contributed by atoms with Crippen LogP contribution in [-0.2, 0) is 35.2 Å². The van der Waals surface area contributed by atoms with Crippen LogP contribution in [0.1, 0.15) is 45.2 Å². The molecule has 0 aliphatic carbocycles. The van der Waals surface area contributed by atoms with Gasteiger partial charge in [0.1, 0.15) is 35.5 Å². The first-order chi connectivity index (χ1) is 22.5. The van der Waals surface area contributed by atoms with E-state index in [0.717, 1.165) is 0 Å². The van der Waals surface area contributed by atoms with Crippen LogP contribution in [0.25, 0.3) is 11.0 Å². The number of carboxylic acids is 1. The van der Waals surface area contributed by atoms with Gasteiger partial charge in [0, 0.05) is 36.6 Å². The van der Waals surface area contributed by atoms with Crippen molar-refractivity contribution in [3.8, 4) is 5.75 Å². The van der Waals surface area contributed by atoms with Crippen molar-refractivity contribution in [3.05, 3.63) is 70.1 Å². The monoisotopic (exact) mass is 665 g/mol. The second-order valence-corrected chi connectivity index (χ2v) is 11.7. The molecule has 0 bridgehead atoms. The molecule has 0 aliphatic rings. The molecule has 256 valence electrons. The van der Waals surface area contributed by atoms with Crippen LogP contribution in [0.5, 0.6) is 5.75 Å². The van der Waals surface area contributed by atoms with E-state index in [1.165, 1.54) is 44.2 Å². The maximum Gasteiger partial charge on any atom is 0.336 e. The summed E-state index contributed by atoms with van der Waals surface area (Å²) in [5.74, 6) is -5.43. The van der Waals surface area contributed by atoms with Gasteiger partial charge in [0.2, 0.25) is 29.5 Å². The van der Waals surface area contributed by atoms with Crippen molar-refractivity contribution in [2.45, 2.75) is 71.6 Å². The maximum absolute atomic E-state index is 13.2. The van der Waals surface area contributed by atoms with Gasteiger partial charge in [-0.3, -0.25) is 28.8 Å². The van der Waals surface area contributed by atoms with Crippen molar-refractivity contribution in [2.24, 2.45) is 5.92 Å². The van der Waals surface area contributed by atoms with Crippen LogP contribution < -0.4 is 32.2 Å². The van der Waals surface area contributed by atoms with Crippen LogP contribution >= 0.6 is 0 Å². The number of benzene rings is 2. The molecule has 1 heterocycles. The van der Waals surface area contributed by atoms with Gasteiger partial charge >= 0.3 is 11.6 Å². The van der Waals surface area contributed by atoms with Gasteiger partial charge < -0.3 is 41.2 Å². The van der Waals surface area contributed by atoms with Crippen molar-refractivity contribution < 1.29 is 43.4 Å². The summed E-state index contributed by atoms with van der Waals surface area (Å²) >= 11 is 0. The van der Waals surface area contributed by atoms with E-state index < -0.39 is 77.6 Å². The number of anilines is 1. The molecule has 0 unspecified atom stereocenters. The third-order valence-corrected chi connectivity index (χ3v) is 7.30. The molecule has 7 N–H and O–H groups in total. The number of rotatable bonds is 14. The van der Waals surface area contributed by atoms with Gasteiger partial charge in [-0.2, -0.15) is 0 Å². The zero-order chi connectivity index (χ0) is 35.7. The number of carbonyl (C=O) groups excluding carboxylic acids is 5. The Bertz CT molecular complexity index is 1750.